The molecule has 0 nitrogen and oxygen atoms in total. The van der Waals surface area contributed by atoms with Gasteiger partial charge in [-0.3, -0.25) is 0 Å². The molecule has 0 saturated heterocycles. The van der Waals surface area contributed by atoms with Crippen molar-refractivity contribution in [2.75, 3.05) is 0 Å². The summed E-state index contributed by atoms with van der Waals surface area (Å²) in [6.07, 6.45) is 10.00. The van der Waals surface area contributed by atoms with Gasteiger partial charge in [-0.05, 0) is 60.1 Å². The molecule has 1 aliphatic rings. The summed E-state index contributed by atoms with van der Waals surface area (Å²) in [5, 5.41) is 0. The molecule has 0 aromatic heterocycles. The van der Waals surface area contributed by atoms with Gasteiger partial charge in [-0.25, -0.2) is 22.0 Å². The third-order valence-corrected chi connectivity index (χ3v) is 6.12. The summed E-state index contributed by atoms with van der Waals surface area (Å²) >= 11 is 0. The SMILES string of the molecule is CCCC1CCC(CCCc2cc(F)c(-c3cc(F)c(F)c(F)c3)c(F)c2)CC1. The smallest absolute Gasteiger partial charge is 0.194 e. The Kier molecular flexibility index (Phi) is 7.31. The lowest BCUT2D eigenvalue weighted by molar-refractivity contribution is 0.249. The molecule has 5 heteroatoms. The monoisotopic (exact) mass is 410 g/mol. The van der Waals surface area contributed by atoms with Crippen LogP contribution in [0.25, 0.3) is 11.1 Å². The maximum Gasteiger partial charge on any atom is 0.194 e. The van der Waals surface area contributed by atoms with Gasteiger partial charge in [0.15, 0.2) is 17.5 Å². The fourth-order valence-electron chi connectivity index (χ4n) is 4.56. The zero-order valence-electron chi connectivity index (χ0n) is 16.7. The lowest BCUT2D eigenvalue weighted by atomic mass is 9.78. The van der Waals surface area contributed by atoms with Crippen LogP contribution in [-0.2, 0) is 6.42 Å². The Bertz CT molecular complexity index is 791. The van der Waals surface area contributed by atoms with Crippen LogP contribution >= 0.6 is 0 Å². The topological polar surface area (TPSA) is 0 Å². The molecule has 3 rings (SSSR count). The maximum atomic E-state index is 14.5. The molecule has 1 saturated carbocycles. The largest absolute Gasteiger partial charge is 0.206 e. The molecule has 0 atom stereocenters. The van der Waals surface area contributed by atoms with Gasteiger partial charge in [0.05, 0.1) is 5.56 Å². The fourth-order valence-corrected chi connectivity index (χ4v) is 4.56. The molecule has 158 valence electrons. The van der Waals surface area contributed by atoms with Crippen molar-refractivity contribution in [1.82, 2.24) is 0 Å². The van der Waals surface area contributed by atoms with E-state index in [0.29, 0.717) is 30.0 Å². The molecule has 0 spiro atoms. The van der Waals surface area contributed by atoms with Gasteiger partial charge in [0.25, 0.3) is 0 Å². The minimum Gasteiger partial charge on any atom is -0.206 e. The van der Waals surface area contributed by atoms with Crippen LogP contribution < -0.4 is 0 Å². The van der Waals surface area contributed by atoms with Gasteiger partial charge >= 0.3 is 0 Å². The highest BCUT2D eigenvalue weighted by Crippen LogP contribution is 2.34. The summed E-state index contributed by atoms with van der Waals surface area (Å²) in [5.41, 5.74) is -0.376. The fraction of sp³-hybridized carbons (Fsp3) is 0.500. The molecule has 2 aromatic rings. The van der Waals surface area contributed by atoms with Crippen LogP contribution in [0.4, 0.5) is 22.0 Å². The molecule has 1 fully saturated rings. The lowest BCUT2D eigenvalue weighted by Gasteiger charge is -2.28. The van der Waals surface area contributed by atoms with E-state index in [1.165, 1.54) is 50.7 Å². The number of hydrogen-bond donors (Lipinski definition) is 0. The number of hydrogen-bond acceptors (Lipinski definition) is 0. The number of halogens is 5. The number of rotatable bonds is 7. The Labute approximate surface area is 169 Å². The van der Waals surface area contributed by atoms with E-state index in [0.717, 1.165) is 18.8 Å². The minimum absolute atomic E-state index is 0.355. The van der Waals surface area contributed by atoms with E-state index in [4.69, 9.17) is 0 Å². The van der Waals surface area contributed by atoms with Crippen LogP contribution in [0.1, 0.15) is 63.9 Å². The molecular weight excluding hydrogens is 383 g/mol. The Hall–Kier alpha value is -1.91. The summed E-state index contributed by atoms with van der Waals surface area (Å²) in [7, 11) is 0. The minimum atomic E-state index is -1.66. The van der Waals surface area contributed by atoms with Crippen LogP contribution in [0.5, 0.6) is 0 Å². The van der Waals surface area contributed by atoms with Gasteiger partial charge in [0.2, 0.25) is 0 Å². The normalized spacial score (nSPS) is 19.5. The first kappa shape index (κ1) is 21.8. The Morgan fingerprint density at radius 3 is 1.76 bits per heavy atom. The molecule has 0 unspecified atom stereocenters. The van der Waals surface area contributed by atoms with E-state index in [-0.39, 0.29) is 5.56 Å². The highest BCUT2D eigenvalue weighted by atomic mass is 19.2. The average molecular weight is 410 g/mol. The first-order valence-electron chi connectivity index (χ1n) is 10.5. The zero-order valence-corrected chi connectivity index (χ0v) is 16.7. The molecule has 0 N–H and O–H groups in total. The van der Waals surface area contributed by atoms with Crippen molar-refractivity contribution >= 4 is 0 Å². The van der Waals surface area contributed by atoms with Gasteiger partial charge < -0.3 is 0 Å². The first-order chi connectivity index (χ1) is 13.9. The molecule has 0 heterocycles. The van der Waals surface area contributed by atoms with Crippen LogP contribution in [0, 0.1) is 40.9 Å². The molecule has 0 aliphatic heterocycles. The summed E-state index contributed by atoms with van der Waals surface area (Å²) < 4.78 is 68.9. The van der Waals surface area contributed by atoms with Crippen LogP contribution in [0.15, 0.2) is 24.3 Å². The van der Waals surface area contributed by atoms with Crippen molar-refractivity contribution < 1.29 is 22.0 Å². The lowest BCUT2D eigenvalue weighted by Crippen LogP contribution is -2.14. The molecule has 1 aliphatic carbocycles. The summed E-state index contributed by atoms with van der Waals surface area (Å²) in [5.74, 6) is -4.87. The highest BCUT2D eigenvalue weighted by molar-refractivity contribution is 5.65. The van der Waals surface area contributed by atoms with Gasteiger partial charge in [0.1, 0.15) is 11.6 Å². The second-order valence-electron chi connectivity index (χ2n) is 8.26. The Balaban J connectivity index is 1.61. The van der Waals surface area contributed by atoms with Crippen LogP contribution in [0.2, 0.25) is 0 Å². The molecule has 0 radical (unpaired) electrons. The number of aryl methyl sites for hydroxylation is 1. The molecule has 2 aromatic carbocycles. The van der Waals surface area contributed by atoms with Gasteiger partial charge in [-0.2, -0.15) is 0 Å². The predicted molar refractivity (Wildman–Crippen MR) is 105 cm³/mol. The zero-order chi connectivity index (χ0) is 21.0. The maximum absolute atomic E-state index is 14.5. The molecule has 29 heavy (non-hydrogen) atoms. The molecular formula is C24H27F5. The first-order valence-corrected chi connectivity index (χ1v) is 10.5. The van der Waals surface area contributed by atoms with Crippen molar-refractivity contribution in [2.45, 2.75) is 64.7 Å². The summed E-state index contributed by atoms with van der Waals surface area (Å²) in [6, 6.07) is 3.62. The van der Waals surface area contributed by atoms with Crippen LogP contribution in [-0.4, -0.2) is 0 Å². The summed E-state index contributed by atoms with van der Waals surface area (Å²) in [4.78, 5) is 0. The second-order valence-corrected chi connectivity index (χ2v) is 8.26. The third kappa shape index (κ3) is 5.37. The van der Waals surface area contributed by atoms with Crippen molar-refractivity contribution in [2.24, 2.45) is 11.8 Å². The van der Waals surface area contributed by atoms with Gasteiger partial charge in [-0.1, -0.05) is 51.9 Å². The quantitative estimate of drug-likeness (QED) is 0.321. The van der Waals surface area contributed by atoms with Crippen molar-refractivity contribution in [3.63, 3.8) is 0 Å². The molecule has 0 bridgehead atoms. The van der Waals surface area contributed by atoms with Crippen molar-refractivity contribution in [3.8, 4) is 11.1 Å². The van der Waals surface area contributed by atoms with E-state index in [2.05, 4.69) is 6.92 Å². The second kappa shape index (κ2) is 9.73. The highest BCUT2D eigenvalue weighted by Gasteiger charge is 2.21. The molecule has 0 amide bonds. The predicted octanol–water partition coefficient (Wildman–Crippen LogP) is 7.98. The van der Waals surface area contributed by atoms with E-state index in [1.54, 1.807) is 0 Å². The van der Waals surface area contributed by atoms with Gasteiger partial charge in [0, 0.05) is 0 Å². The van der Waals surface area contributed by atoms with E-state index < -0.39 is 34.6 Å². The van der Waals surface area contributed by atoms with E-state index in [1.807, 2.05) is 0 Å². The van der Waals surface area contributed by atoms with E-state index in [9.17, 15) is 22.0 Å². The Morgan fingerprint density at radius 2 is 1.24 bits per heavy atom. The Morgan fingerprint density at radius 1 is 0.724 bits per heavy atom. The third-order valence-electron chi connectivity index (χ3n) is 6.12. The van der Waals surface area contributed by atoms with Gasteiger partial charge in [-0.15, -0.1) is 0 Å². The average Bonchev–Trinajstić information content (AvgIpc) is 2.67. The number of benzene rings is 2. The summed E-state index contributed by atoms with van der Waals surface area (Å²) in [6.45, 7) is 2.22. The van der Waals surface area contributed by atoms with Crippen LogP contribution in [0.3, 0.4) is 0 Å². The standard InChI is InChI=1S/C24H27F5/c1-2-4-15-7-9-16(10-8-15)5-3-6-17-11-19(25)23(20(26)12-17)18-13-21(27)24(29)22(28)14-18/h11-16H,2-10H2,1H3. The van der Waals surface area contributed by atoms with Crippen molar-refractivity contribution in [1.29, 1.82) is 0 Å². The van der Waals surface area contributed by atoms with Crippen molar-refractivity contribution in [3.05, 3.63) is 58.9 Å². The van der Waals surface area contributed by atoms with E-state index >= 15 is 0 Å².